The molecule has 2 unspecified atom stereocenters. The molecule has 9 heteroatoms. The van der Waals surface area contributed by atoms with Crippen LogP contribution in [0.25, 0.3) is 6.08 Å². The van der Waals surface area contributed by atoms with Crippen molar-refractivity contribution in [2.75, 3.05) is 6.54 Å². The first-order chi connectivity index (χ1) is 17.6. The Balaban J connectivity index is 1.49. The lowest BCUT2D eigenvalue weighted by Crippen LogP contribution is -2.48. The van der Waals surface area contributed by atoms with Crippen LogP contribution in [-0.4, -0.2) is 38.1 Å². The van der Waals surface area contributed by atoms with Gasteiger partial charge in [-0.2, -0.15) is 0 Å². The standard InChI is InChI=1S/C28H28F2N2O4S/c1-2-18-4-3-5-19(10-18)16-31-17-26(33)25(13-20-11-23(29)15-24(30)12-20)32-28(34)22-6-7-27-21(14-22)8-9-37(27,35)36/h3-12,14-15,25-26,31,33H,2,13,16-17H2,1H3,(H,32,34). The van der Waals surface area contributed by atoms with Gasteiger partial charge in [-0.15, -0.1) is 0 Å². The SMILES string of the molecule is CCc1cccc(CNCC(O)C(Cc2cc(F)cc(F)c2)NC(=O)c2ccc3c(c2)C=CS3(=O)=O)c1. The number of benzene rings is 3. The van der Waals surface area contributed by atoms with Gasteiger partial charge in [0, 0.05) is 30.1 Å². The van der Waals surface area contributed by atoms with Gasteiger partial charge in [0.2, 0.25) is 0 Å². The van der Waals surface area contributed by atoms with E-state index in [0.29, 0.717) is 12.1 Å². The van der Waals surface area contributed by atoms with Gasteiger partial charge in [-0.05, 0) is 71.5 Å². The predicted octanol–water partition coefficient (Wildman–Crippen LogP) is 3.78. The van der Waals surface area contributed by atoms with Gasteiger partial charge in [0.05, 0.1) is 17.0 Å². The van der Waals surface area contributed by atoms with Crippen LogP contribution >= 0.6 is 0 Å². The summed E-state index contributed by atoms with van der Waals surface area (Å²) < 4.78 is 51.6. The molecule has 37 heavy (non-hydrogen) atoms. The molecule has 3 aromatic rings. The fraction of sp³-hybridized carbons (Fsp3) is 0.250. The molecular weight excluding hydrogens is 498 g/mol. The minimum atomic E-state index is -3.50. The number of sulfone groups is 1. The van der Waals surface area contributed by atoms with Gasteiger partial charge in [0.1, 0.15) is 11.6 Å². The van der Waals surface area contributed by atoms with Crippen LogP contribution in [0, 0.1) is 11.6 Å². The summed E-state index contributed by atoms with van der Waals surface area (Å²) in [7, 11) is -3.50. The molecule has 0 bridgehead atoms. The van der Waals surface area contributed by atoms with Gasteiger partial charge >= 0.3 is 0 Å². The van der Waals surface area contributed by atoms with Crippen molar-refractivity contribution in [1.82, 2.24) is 10.6 Å². The molecule has 1 heterocycles. The smallest absolute Gasteiger partial charge is 0.251 e. The second-order valence-corrected chi connectivity index (χ2v) is 10.8. The normalized spacial score (nSPS) is 15.2. The highest BCUT2D eigenvalue weighted by atomic mass is 32.2. The highest BCUT2D eigenvalue weighted by Crippen LogP contribution is 2.27. The van der Waals surface area contributed by atoms with E-state index in [-0.39, 0.29) is 29.0 Å². The molecule has 0 saturated carbocycles. The van der Waals surface area contributed by atoms with Crippen LogP contribution in [0.5, 0.6) is 0 Å². The Morgan fingerprint density at radius 2 is 1.70 bits per heavy atom. The molecular formula is C28H28F2N2O4S. The maximum Gasteiger partial charge on any atom is 0.251 e. The number of halogens is 2. The monoisotopic (exact) mass is 526 g/mol. The summed E-state index contributed by atoms with van der Waals surface area (Å²) in [6.07, 6.45) is 1.22. The maximum absolute atomic E-state index is 13.8. The maximum atomic E-state index is 13.8. The Morgan fingerprint density at radius 3 is 2.43 bits per heavy atom. The molecule has 3 N–H and O–H groups in total. The Hall–Kier alpha value is -3.40. The summed E-state index contributed by atoms with van der Waals surface area (Å²) >= 11 is 0. The second-order valence-electron chi connectivity index (χ2n) is 9.03. The highest BCUT2D eigenvalue weighted by Gasteiger charge is 2.25. The van der Waals surface area contributed by atoms with Crippen LogP contribution in [0.4, 0.5) is 8.78 Å². The Bertz CT molecular complexity index is 1420. The summed E-state index contributed by atoms with van der Waals surface area (Å²) in [5.41, 5.74) is 3.11. The number of aliphatic hydroxyl groups is 1. The van der Waals surface area contributed by atoms with E-state index in [1.165, 1.54) is 29.8 Å². The van der Waals surface area contributed by atoms with Crippen molar-refractivity contribution in [2.24, 2.45) is 0 Å². The molecule has 0 aliphatic carbocycles. The van der Waals surface area contributed by atoms with Crippen molar-refractivity contribution < 1.29 is 27.1 Å². The summed E-state index contributed by atoms with van der Waals surface area (Å²) in [4.78, 5) is 13.2. The lowest BCUT2D eigenvalue weighted by Gasteiger charge is -2.25. The third-order valence-electron chi connectivity index (χ3n) is 6.25. The lowest BCUT2D eigenvalue weighted by atomic mass is 9.99. The van der Waals surface area contributed by atoms with Crippen LogP contribution in [0.15, 0.2) is 71.0 Å². The first-order valence-corrected chi connectivity index (χ1v) is 13.5. The average molecular weight is 527 g/mol. The van der Waals surface area contributed by atoms with Crippen molar-refractivity contribution >= 4 is 21.8 Å². The molecule has 0 radical (unpaired) electrons. The zero-order chi connectivity index (χ0) is 26.6. The average Bonchev–Trinajstić information content (AvgIpc) is 3.16. The second kappa shape index (κ2) is 11.3. The van der Waals surface area contributed by atoms with Gasteiger partial charge in [-0.25, -0.2) is 17.2 Å². The minimum Gasteiger partial charge on any atom is -0.390 e. The number of amides is 1. The number of aliphatic hydroxyl groups excluding tert-OH is 1. The molecule has 0 aromatic heterocycles. The number of rotatable bonds is 10. The van der Waals surface area contributed by atoms with E-state index in [1.54, 1.807) is 0 Å². The van der Waals surface area contributed by atoms with Gasteiger partial charge in [0.15, 0.2) is 9.84 Å². The van der Waals surface area contributed by atoms with E-state index in [9.17, 15) is 27.1 Å². The van der Waals surface area contributed by atoms with Gasteiger partial charge < -0.3 is 15.7 Å². The van der Waals surface area contributed by atoms with E-state index in [1.807, 2.05) is 18.2 Å². The Kier molecular flexibility index (Phi) is 8.16. The third-order valence-corrected chi connectivity index (χ3v) is 7.73. The van der Waals surface area contributed by atoms with Crippen LogP contribution in [0.3, 0.4) is 0 Å². The van der Waals surface area contributed by atoms with Gasteiger partial charge in [-0.3, -0.25) is 4.79 Å². The van der Waals surface area contributed by atoms with E-state index in [2.05, 4.69) is 23.6 Å². The van der Waals surface area contributed by atoms with Crippen molar-refractivity contribution in [2.45, 2.75) is 43.4 Å². The summed E-state index contributed by atoms with van der Waals surface area (Å²) in [5, 5.41) is 18.0. The molecule has 0 spiro atoms. The zero-order valence-corrected chi connectivity index (χ0v) is 21.1. The van der Waals surface area contributed by atoms with E-state index in [0.717, 1.165) is 35.6 Å². The van der Waals surface area contributed by atoms with Crippen LogP contribution < -0.4 is 10.6 Å². The molecule has 0 saturated heterocycles. The number of hydrogen-bond donors (Lipinski definition) is 3. The lowest BCUT2D eigenvalue weighted by molar-refractivity contribution is 0.0829. The fourth-order valence-electron chi connectivity index (χ4n) is 4.30. The van der Waals surface area contributed by atoms with Crippen molar-refractivity contribution in [1.29, 1.82) is 0 Å². The molecule has 1 aliphatic heterocycles. The summed E-state index contributed by atoms with van der Waals surface area (Å²) in [5.74, 6) is -2.05. The minimum absolute atomic E-state index is 0.0200. The molecule has 6 nitrogen and oxygen atoms in total. The van der Waals surface area contributed by atoms with Crippen molar-refractivity contribution in [3.05, 3.63) is 106 Å². The molecule has 3 aromatic carbocycles. The molecule has 1 amide bonds. The predicted molar refractivity (Wildman–Crippen MR) is 138 cm³/mol. The van der Waals surface area contributed by atoms with Gasteiger partial charge in [0.25, 0.3) is 5.91 Å². The summed E-state index contributed by atoms with van der Waals surface area (Å²) in [6.45, 7) is 2.67. The summed E-state index contributed by atoms with van der Waals surface area (Å²) in [6, 6.07) is 14.4. The van der Waals surface area contributed by atoms with Gasteiger partial charge in [-0.1, -0.05) is 31.2 Å². The van der Waals surface area contributed by atoms with E-state index in [4.69, 9.17) is 0 Å². The van der Waals surface area contributed by atoms with Crippen molar-refractivity contribution in [3.63, 3.8) is 0 Å². The van der Waals surface area contributed by atoms with Crippen molar-refractivity contribution in [3.8, 4) is 0 Å². The molecule has 2 atom stereocenters. The van der Waals surface area contributed by atoms with Crippen LogP contribution in [0.2, 0.25) is 0 Å². The highest BCUT2D eigenvalue weighted by molar-refractivity contribution is 7.94. The molecule has 1 aliphatic rings. The first-order valence-electron chi connectivity index (χ1n) is 11.9. The van der Waals surface area contributed by atoms with Crippen LogP contribution in [-0.2, 0) is 29.2 Å². The fourth-order valence-corrected chi connectivity index (χ4v) is 5.48. The number of nitrogens with one attached hydrogen (secondary N) is 2. The van der Waals surface area contributed by atoms with E-state index < -0.39 is 39.5 Å². The largest absolute Gasteiger partial charge is 0.390 e. The quantitative estimate of drug-likeness (QED) is 0.374. The van der Waals surface area contributed by atoms with Crippen LogP contribution in [0.1, 0.15) is 39.5 Å². The Labute approximate surface area is 215 Å². The first kappa shape index (κ1) is 26.7. The number of fused-ring (bicyclic) bond motifs is 1. The number of hydrogen-bond acceptors (Lipinski definition) is 5. The molecule has 4 rings (SSSR count). The molecule has 194 valence electrons. The Morgan fingerprint density at radius 1 is 0.973 bits per heavy atom. The number of carbonyl (C=O) groups is 1. The number of aryl methyl sites for hydroxylation is 1. The van der Waals surface area contributed by atoms with E-state index >= 15 is 0 Å². The zero-order valence-electron chi connectivity index (χ0n) is 20.2. The third kappa shape index (κ3) is 6.68. The molecule has 0 fully saturated rings. The topological polar surface area (TPSA) is 95.5 Å². The number of carbonyl (C=O) groups excluding carboxylic acids is 1.